The third-order valence-electron chi connectivity index (χ3n) is 2.59. The number of amides is 1. The highest BCUT2D eigenvalue weighted by Gasteiger charge is 2.05. The Bertz CT molecular complexity index is 220. The Morgan fingerprint density at radius 2 is 2.19 bits per heavy atom. The molecule has 0 fully saturated rings. The minimum absolute atomic E-state index is 0.143. The van der Waals surface area contributed by atoms with E-state index >= 15 is 0 Å². The van der Waals surface area contributed by atoms with Crippen molar-refractivity contribution in [2.45, 2.75) is 45.4 Å². The number of rotatable bonds is 9. The molecule has 0 aromatic rings. The van der Waals surface area contributed by atoms with E-state index in [1.54, 1.807) is 0 Å². The molecular weight excluding hydrogens is 200 g/mol. The Kier molecular flexibility index (Phi) is 9.84. The Morgan fingerprint density at radius 3 is 2.81 bits per heavy atom. The van der Waals surface area contributed by atoms with E-state index < -0.39 is 0 Å². The van der Waals surface area contributed by atoms with Crippen molar-refractivity contribution in [3.63, 3.8) is 0 Å². The van der Waals surface area contributed by atoms with Crippen LogP contribution in [0.1, 0.15) is 45.4 Å². The summed E-state index contributed by atoms with van der Waals surface area (Å²) in [6.07, 6.45) is 10.4. The predicted octanol–water partition coefficient (Wildman–Crippen LogP) is 1.67. The largest absolute Gasteiger partial charge is 0.356 e. The van der Waals surface area contributed by atoms with Crippen LogP contribution >= 0.6 is 0 Å². The maximum absolute atomic E-state index is 11.4. The minimum Gasteiger partial charge on any atom is -0.356 e. The number of terminal acetylenes is 1. The fraction of sp³-hybridized carbons (Fsp3) is 0.769. The third kappa shape index (κ3) is 9.54. The molecule has 0 saturated carbocycles. The van der Waals surface area contributed by atoms with E-state index in [9.17, 15) is 4.79 Å². The van der Waals surface area contributed by atoms with Gasteiger partial charge in [-0.05, 0) is 38.1 Å². The maximum Gasteiger partial charge on any atom is 0.220 e. The lowest BCUT2D eigenvalue weighted by molar-refractivity contribution is -0.121. The molecule has 16 heavy (non-hydrogen) atoms. The van der Waals surface area contributed by atoms with Gasteiger partial charge in [0.1, 0.15) is 0 Å². The molecule has 0 aliphatic heterocycles. The summed E-state index contributed by atoms with van der Waals surface area (Å²) in [7, 11) is 0. The molecule has 3 N–H and O–H groups in total. The van der Waals surface area contributed by atoms with Gasteiger partial charge in [0.2, 0.25) is 5.91 Å². The van der Waals surface area contributed by atoms with Crippen LogP contribution < -0.4 is 11.1 Å². The molecule has 0 bridgehead atoms. The summed E-state index contributed by atoms with van der Waals surface area (Å²) < 4.78 is 0. The van der Waals surface area contributed by atoms with Crippen LogP contribution in [0.5, 0.6) is 0 Å². The molecule has 1 unspecified atom stereocenters. The average Bonchev–Trinajstić information content (AvgIpc) is 2.26. The molecule has 0 aromatic heterocycles. The van der Waals surface area contributed by atoms with Crippen LogP contribution in [-0.2, 0) is 4.79 Å². The van der Waals surface area contributed by atoms with Crippen molar-refractivity contribution in [2.24, 2.45) is 11.7 Å². The van der Waals surface area contributed by atoms with E-state index in [2.05, 4.69) is 18.2 Å². The summed E-state index contributed by atoms with van der Waals surface area (Å²) in [5.74, 6) is 3.27. The Balaban J connectivity index is 3.34. The quantitative estimate of drug-likeness (QED) is 0.462. The first kappa shape index (κ1) is 15.0. The van der Waals surface area contributed by atoms with Gasteiger partial charge in [-0.1, -0.05) is 6.92 Å². The molecule has 0 radical (unpaired) electrons. The smallest absolute Gasteiger partial charge is 0.220 e. The fourth-order valence-electron chi connectivity index (χ4n) is 1.47. The van der Waals surface area contributed by atoms with Gasteiger partial charge in [0.15, 0.2) is 0 Å². The highest BCUT2D eigenvalue weighted by Crippen LogP contribution is 2.08. The molecule has 0 heterocycles. The second kappa shape index (κ2) is 10.5. The zero-order valence-electron chi connectivity index (χ0n) is 10.3. The molecule has 0 rings (SSSR count). The number of carbonyl (C=O) groups is 1. The van der Waals surface area contributed by atoms with Crippen molar-refractivity contribution < 1.29 is 4.79 Å². The van der Waals surface area contributed by atoms with Gasteiger partial charge in [-0.3, -0.25) is 4.79 Å². The van der Waals surface area contributed by atoms with Crippen LogP contribution in [0.4, 0.5) is 0 Å². The van der Waals surface area contributed by atoms with Gasteiger partial charge in [0, 0.05) is 19.4 Å². The highest BCUT2D eigenvalue weighted by atomic mass is 16.1. The SMILES string of the molecule is C#CCCCCNC(=O)CCC(C)CCN. The lowest BCUT2D eigenvalue weighted by atomic mass is 10.0. The first-order valence-corrected chi connectivity index (χ1v) is 6.11. The standard InChI is InChI=1S/C13H24N2O/c1-3-4-5-6-11-15-13(16)8-7-12(2)9-10-14/h1,12H,4-11,14H2,2H3,(H,15,16). The van der Waals surface area contributed by atoms with Crippen LogP contribution in [0.3, 0.4) is 0 Å². The molecule has 0 aliphatic rings. The summed E-state index contributed by atoms with van der Waals surface area (Å²) >= 11 is 0. The molecule has 92 valence electrons. The first-order valence-electron chi connectivity index (χ1n) is 6.11. The summed E-state index contributed by atoms with van der Waals surface area (Å²) in [5, 5.41) is 2.90. The van der Waals surface area contributed by atoms with E-state index in [-0.39, 0.29) is 5.91 Å². The first-order chi connectivity index (χ1) is 7.70. The van der Waals surface area contributed by atoms with E-state index in [1.165, 1.54) is 0 Å². The van der Waals surface area contributed by atoms with Gasteiger partial charge in [-0.25, -0.2) is 0 Å². The van der Waals surface area contributed by atoms with Crippen LogP contribution in [0, 0.1) is 18.3 Å². The van der Waals surface area contributed by atoms with E-state index in [1.807, 2.05) is 0 Å². The third-order valence-corrected chi connectivity index (χ3v) is 2.59. The highest BCUT2D eigenvalue weighted by molar-refractivity contribution is 5.75. The summed E-state index contributed by atoms with van der Waals surface area (Å²) in [5.41, 5.74) is 5.45. The van der Waals surface area contributed by atoms with Gasteiger partial charge in [-0.2, -0.15) is 0 Å². The number of unbranched alkanes of at least 4 members (excludes halogenated alkanes) is 2. The minimum atomic E-state index is 0.143. The molecule has 0 aliphatic carbocycles. The van der Waals surface area contributed by atoms with Crippen molar-refractivity contribution in [3.8, 4) is 12.3 Å². The molecule has 3 heteroatoms. The number of carbonyl (C=O) groups excluding carboxylic acids is 1. The second-order valence-corrected chi connectivity index (χ2v) is 4.23. The number of nitrogens with two attached hydrogens (primary N) is 1. The average molecular weight is 224 g/mol. The van der Waals surface area contributed by atoms with Crippen LogP contribution in [0.2, 0.25) is 0 Å². The van der Waals surface area contributed by atoms with E-state index in [0.29, 0.717) is 18.9 Å². The van der Waals surface area contributed by atoms with Crippen molar-refractivity contribution >= 4 is 5.91 Å². The lowest BCUT2D eigenvalue weighted by Crippen LogP contribution is -2.24. The molecule has 0 aromatic carbocycles. The molecule has 3 nitrogen and oxygen atoms in total. The summed E-state index contributed by atoms with van der Waals surface area (Å²) in [6, 6.07) is 0. The second-order valence-electron chi connectivity index (χ2n) is 4.23. The number of hydrogen-bond donors (Lipinski definition) is 2. The molecule has 0 saturated heterocycles. The molecule has 1 amide bonds. The lowest BCUT2D eigenvalue weighted by Gasteiger charge is -2.09. The van der Waals surface area contributed by atoms with Gasteiger partial charge >= 0.3 is 0 Å². The van der Waals surface area contributed by atoms with Gasteiger partial charge in [-0.15, -0.1) is 12.3 Å². The van der Waals surface area contributed by atoms with Crippen molar-refractivity contribution in [1.82, 2.24) is 5.32 Å². The van der Waals surface area contributed by atoms with E-state index in [4.69, 9.17) is 12.2 Å². The van der Waals surface area contributed by atoms with Gasteiger partial charge < -0.3 is 11.1 Å². The maximum atomic E-state index is 11.4. The van der Waals surface area contributed by atoms with Crippen molar-refractivity contribution in [3.05, 3.63) is 0 Å². The Morgan fingerprint density at radius 1 is 1.44 bits per heavy atom. The number of nitrogens with one attached hydrogen (secondary N) is 1. The zero-order chi connectivity index (χ0) is 12.2. The van der Waals surface area contributed by atoms with Crippen LogP contribution in [0.25, 0.3) is 0 Å². The molecular formula is C13H24N2O. The normalized spacial score (nSPS) is 11.8. The Hall–Kier alpha value is -1.01. The van der Waals surface area contributed by atoms with Gasteiger partial charge in [0.25, 0.3) is 0 Å². The zero-order valence-corrected chi connectivity index (χ0v) is 10.3. The summed E-state index contributed by atoms with van der Waals surface area (Å²) in [4.78, 5) is 11.4. The van der Waals surface area contributed by atoms with E-state index in [0.717, 1.165) is 38.6 Å². The predicted molar refractivity (Wildman–Crippen MR) is 67.8 cm³/mol. The van der Waals surface area contributed by atoms with Crippen molar-refractivity contribution in [1.29, 1.82) is 0 Å². The number of hydrogen-bond acceptors (Lipinski definition) is 2. The van der Waals surface area contributed by atoms with Crippen LogP contribution in [-0.4, -0.2) is 19.0 Å². The summed E-state index contributed by atoms with van der Waals surface area (Å²) in [6.45, 7) is 3.58. The topological polar surface area (TPSA) is 55.1 Å². The Labute approximate surface area is 99.2 Å². The molecule has 0 spiro atoms. The van der Waals surface area contributed by atoms with Gasteiger partial charge in [0.05, 0.1) is 0 Å². The fourth-order valence-corrected chi connectivity index (χ4v) is 1.47. The molecule has 1 atom stereocenters. The van der Waals surface area contributed by atoms with Crippen LogP contribution in [0.15, 0.2) is 0 Å². The van der Waals surface area contributed by atoms with Crippen molar-refractivity contribution in [2.75, 3.05) is 13.1 Å². The monoisotopic (exact) mass is 224 g/mol.